The van der Waals surface area contributed by atoms with Gasteiger partial charge in [0.05, 0.1) is 10.2 Å². The van der Waals surface area contributed by atoms with Crippen molar-refractivity contribution in [1.82, 2.24) is 19.6 Å². The van der Waals surface area contributed by atoms with Crippen LogP contribution in [0.2, 0.25) is 5.02 Å². The molecule has 2 heterocycles. The lowest BCUT2D eigenvalue weighted by Gasteiger charge is -2.34. The van der Waals surface area contributed by atoms with Crippen molar-refractivity contribution >= 4 is 33.4 Å². The van der Waals surface area contributed by atoms with Crippen LogP contribution in [0.1, 0.15) is 17.7 Å². The first-order valence-corrected chi connectivity index (χ1v) is 9.62. The Hall–Kier alpha value is -1.37. The summed E-state index contributed by atoms with van der Waals surface area (Å²) in [6.45, 7) is 6.85. The second-order valence-electron chi connectivity index (χ2n) is 6.36. The Morgan fingerprint density at radius 2 is 1.88 bits per heavy atom. The molecule has 1 aliphatic heterocycles. The first-order valence-electron chi connectivity index (χ1n) is 8.45. The molecule has 0 spiro atoms. The SMILES string of the molecule is Cc1nn(CCC(=O)N2CCN(Cc3ccc(Cl)cc3)CC2)cc1Br. The summed E-state index contributed by atoms with van der Waals surface area (Å²) in [5, 5.41) is 5.14. The van der Waals surface area contributed by atoms with Gasteiger partial charge in [0.25, 0.3) is 0 Å². The molecule has 25 heavy (non-hydrogen) atoms. The van der Waals surface area contributed by atoms with Gasteiger partial charge in [0.1, 0.15) is 0 Å². The van der Waals surface area contributed by atoms with Crippen molar-refractivity contribution in [2.75, 3.05) is 26.2 Å². The van der Waals surface area contributed by atoms with E-state index in [4.69, 9.17) is 11.6 Å². The average molecular weight is 426 g/mol. The molecule has 7 heteroatoms. The zero-order valence-corrected chi connectivity index (χ0v) is 16.6. The summed E-state index contributed by atoms with van der Waals surface area (Å²) < 4.78 is 2.81. The van der Waals surface area contributed by atoms with Gasteiger partial charge in [-0.05, 0) is 40.5 Å². The molecular formula is C18H22BrClN4O. The summed E-state index contributed by atoms with van der Waals surface area (Å²) >= 11 is 9.37. The molecule has 1 aromatic heterocycles. The molecule has 0 atom stereocenters. The van der Waals surface area contributed by atoms with Crippen LogP contribution in [-0.4, -0.2) is 51.7 Å². The van der Waals surface area contributed by atoms with Crippen LogP contribution < -0.4 is 0 Å². The lowest BCUT2D eigenvalue weighted by molar-refractivity contribution is -0.133. The lowest BCUT2D eigenvalue weighted by Crippen LogP contribution is -2.48. The van der Waals surface area contributed by atoms with Crippen molar-refractivity contribution < 1.29 is 4.79 Å². The number of halogens is 2. The van der Waals surface area contributed by atoms with Gasteiger partial charge in [-0.25, -0.2) is 0 Å². The molecule has 1 aliphatic rings. The number of carbonyl (C=O) groups is 1. The van der Waals surface area contributed by atoms with E-state index in [1.807, 2.05) is 34.8 Å². The predicted molar refractivity (Wildman–Crippen MR) is 103 cm³/mol. The molecule has 1 amide bonds. The maximum atomic E-state index is 12.4. The van der Waals surface area contributed by atoms with Crippen LogP contribution in [0, 0.1) is 6.92 Å². The molecule has 0 radical (unpaired) electrons. The van der Waals surface area contributed by atoms with Gasteiger partial charge in [-0.2, -0.15) is 5.10 Å². The number of rotatable bonds is 5. The van der Waals surface area contributed by atoms with Crippen molar-refractivity contribution in [3.05, 3.63) is 51.2 Å². The number of hydrogen-bond acceptors (Lipinski definition) is 3. The summed E-state index contributed by atoms with van der Waals surface area (Å²) in [5.41, 5.74) is 2.20. The van der Waals surface area contributed by atoms with Gasteiger partial charge in [0.2, 0.25) is 5.91 Å². The highest BCUT2D eigenvalue weighted by Crippen LogP contribution is 2.15. The van der Waals surface area contributed by atoms with E-state index in [0.29, 0.717) is 13.0 Å². The minimum absolute atomic E-state index is 0.204. The standard InChI is InChI=1S/C18H22BrClN4O/c1-14-17(19)13-24(21-14)7-6-18(25)23-10-8-22(9-11-23)12-15-2-4-16(20)5-3-15/h2-5,13H,6-12H2,1H3. The van der Waals surface area contributed by atoms with Crippen molar-refractivity contribution in [3.8, 4) is 0 Å². The number of nitrogens with zero attached hydrogens (tertiary/aromatic N) is 4. The fraction of sp³-hybridized carbons (Fsp3) is 0.444. The maximum Gasteiger partial charge on any atom is 0.224 e. The van der Waals surface area contributed by atoms with E-state index >= 15 is 0 Å². The molecule has 0 unspecified atom stereocenters. The van der Waals surface area contributed by atoms with E-state index in [1.54, 1.807) is 0 Å². The van der Waals surface area contributed by atoms with Crippen LogP contribution in [0.15, 0.2) is 34.9 Å². The van der Waals surface area contributed by atoms with Crippen molar-refractivity contribution in [3.63, 3.8) is 0 Å². The molecule has 1 fully saturated rings. The topological polar surface area (TPSA) is 41.4 Å². The largest absolute Gasteiger partial charge is 0.340 e. The normalized spacial score (nSPS) is 15.6. The van der Waals surface area contributed by atoms with Crippen LogP contribution in [0.25, 0.3) is 0 Å². The van der Waals surface area contributed by atoms with Gasteiger partial charge < -0.3 is 4.90 Å². The monoisotopic (exact) mass is 424 g/mol. The summed E-state index contributed by atoms with van der Waals surface area (Å²) in [6.07, 6.45) is 2.41. The van der Waals surface area contributed by atoms with Crippen LogP contribution in [0.4, 0.5) is 0 Å². The number of aryl methyl sites for hydroxylation is 2. The minimum atomic E-state index is 0.204. The van der Waals surface area contributed by atoms with E-state index in [0.717, 1.165) is 47.9 Å². The van der Waals surface area contributed by atoms with Crippen molar-refractivity contribution in [2.24, 2.45) is 0 Å². The molecule has 0 bridgehead atoms. The highest BCUT2D eigenvalue weighted by atomic mass is 79.9. The zero-order valence-electron chi connectivity index (χ0n) is 14.3. The third kappa shape index (κ3) is 5.06. The highest BCUT2D eigenvalue weighted by molar-refractivity contribution is 9.10. The van der Waals surface area contributed by atoms with E-state index in [1.165, 1.54) is 5.56 Å². The number of benzene rings is 1. The summed E-state index contributed by atoms with van der Waals surface area (Å²) in [5.74, 6) is 0.204. The van der Waals surface area contributed by atoms with Gasteiger partial charge in [-0.1, -0.05) is 23.7 Å². The molecule has 1 aromatic carbocycles. The van der Waals surface area contributed by atoms with Gasteiger partial charge in [-0.3, -0.25) is 14.4 Å². The Kier molecular flexibility index (Phi) is 6.15. The summed E-state index contributed by atoms with van der Waals surface area (Å²) in [4.78, 5) is 16.7. The van der Waals surface area contributed by atoms with E-state index in [9.17, 15) is 4.79 Å². The molecule has 134 valence electrons. The summed E-state index contributed by atoms with van der Waals surface area (Å²) in [6, 6.07) is 7.96. The molecule has 3 rings (SSSR count). The quantitative estimate of drug-likeness (QED) is 0.738. The van der Waals surface area contributed by atoms with Crippen LogP contribution in [0.5, 0.6) is 0 Å². The molecule has 0 saturated carbocycles. The number of hydrogen-bond donors (Lipinski definition) is 0. The smallest absolute Gasteiger partial charge is 0.224 e. The average Bonchev–Trinajstić information content (AvgIpc) is 2.93. The van der Waals surface area contributed by atoms with E-state index in [-0.39, 0.29) is 5.91 Å². The molecular weight excluding hydrogens is 404 g/mol. The number of carbonyl (C=O) groups excluding carboxylic acids is 1. The number of piperazine rings is 1. The fourth-order valence-corrected chi connectivity index (χ4v) is 3.42. The molecule has 0 aliphatic carbocycles. The minimum Gasteiger partial charge on any atom is -0.340 e. The predicted octanol–water partition coefficient (Wildman–Crippen LogP) is 3.34. The van der Waals surface area contributed by atoms with E-state index < -0.39 is 0 Å². The zero-order chi connectivity index (χ0) is 17.8. The van der Waals surface area contributed by atoms with Gasteiger partial charge in [0.15, 0.2) is 0 Å². The van der Waals surface area contributed by atoms with Crippen molar-refractivity contribution in [1.29, 1.82) is 0 Å². The molecule has 0 N–H and O–H groups in total. The second-order valence-corrected chi connectivity index (χ2v) is 7.65. The third-order valence-corrected chi connectivity index (χ3v) is 5.52. The van der Waals surface area contributed by atoms with Crippen LogP contribution in [0.3, 0.4) is 0 Å². The van der Waals surface area contributed by atoms with Crippen LogP contribution >= 0.6 is 27.5 Å². The van der Waals surface area contributed by atoms with Gasteiger partial charge in [0, 0.05) is 56.9 Å². The second kappa shape index (κ2) is 8.34. The Bertz CT molecular complexity index is 704. The molecule has 5 nitrogen and oxygen atoms in total. The Labute approximate surface area is 161 Å². The Morgan fingerprint density at radius 3 is 2.48 bits per heavy atom. The number of aromatic nitrogens is 2. The summed E-state index contributed by atoms with van der Waals surface area (Å²) in [7, 11) is 0. The van der Waals surface area contributed by atoms with Crippen molar-refractivity contribution in [2.45, 2.75) is 26.4 Å². The third-order valence-electron chi connectivity index (χ3n) is 4.49. The van der Waals surface area contributed by atoms with E-state index in [2.05, 4.69) is 38.1 Å². The van der Waals surface area contributed by atoms with Gasteiger partial charge >= 0.3 is 0 Å². The first kappa shape index (κ1) is 18.4. The lowest BCUT2D eigenvalue weighted by atomic mass is 10.2. The number of amides is 1. The Morgan fingerprint density at radius 1 is 1.20 bits per heavy atom. The molecule has 1 saturated heterocycles. The first-order chi connectivity index (χ1) is 12.0. The Balaban J connectivity index is 1.43. The van der Waals surface area contributed by atoms with Gasteiger partial charge in [-0.15, -0.1) is 0 Å². The highest BCUT2D eigenvalue weighted by Gasteiger charge is 2.21. The van der Waals surface area contributed by atoms with Crippen LogP contribution in [-0.2, 0) is 17.9 Å². The maximum absolute atomic E-state index is 12.4. The molecule has 2 aromatic rings. The fourth-order valence-electron chi connectivity index (χ4n) is 2.98.